The minimum absolute atomic E-state index is 0.353. The van der Waals surface area contributed by atoms with Gasteiger partial charge in [-0.1, -0.05) is 6.92 Å². The van der Waals surface area contributed by atoms with Crippen LogP contribution in [0.4, 0.5) is 11.4 Å². The van der Waals surface area contributed by atoms with Gasteiger partial charge in [-0.05, 0) is 24.6 Å². The summed E-state index contributed by atoms with van der Waals surface area (Å²) in [6, 6.07) is 4.74. The number of nitrogens with two attached hydrogens (primary N) is 2. The molecule has 0 fully saturated rings. The number of benzene rings is 1. The van der Waals surface area contributed by atoms with Crippen LogP contribution in [0.25, 0.3) is 0 Å². The highest BCUT2D eigenvalue weighted by Crippen LogP contribution is 2.16. The molecule has 0 saturated heterocycles. The van der Waals surface area contributed by atoms with Crippen LogP contribution >= 0.6 is 0 Å². The zero-order valence-corrected chi connectivity index (χ0v) is 8.12. The van der Waals surface area contributed by atoms with Crippen molar-refractivity contribution in [2.75, 3.05) is 18.1 Å². The smallest absolute Gasteiger partial charge is 0.340 e. The largest absolute Gasteiger partial charge is 0.462 e. The van der Waals surface area contributed by atoms with Gasteiger partial charge in [0.1, 0.15) is 0 Å². The molecule has 76 valence electrons. The molecule has 0 amide bonds. The molecule has 4 N–H and O–H groups in total. The summed E-state index contributed by atoms with van der Waals surface area (Å²) in [5, 5.41) is 0. The predicted octanol–water partition coefficient (Wildman–Crippen LogP) is 1.42. The summed E-state index contributed by atoms with van der Waals surface area (Å²) >= 11 is 0. The van der Waals surface area contributed by atoms with Crippen molar-refractivity contribution in [3.8, 4) is 0 Å². The Labute approximate surface area is 82.8 Å². The van der Waals surface area contributed by atoms with Gasteiger partial charge in [-0.15, -0.1) is 0 Å². The maximum absolute atomic E-state index is 11.4. The summed E-state index contributed by atoms with van der Waals surface area (Å²) in [5.74, 6) is -0.399. The Morgan fingerprint density at radius 1 is 1.43 bits per heavy atom. The van der Waals surface area contributed by atoms with E-state index in [9.17, 15) is 4.79 Å². The minimum atomic E-state index is -0.399. The number of esters is 1. The summed E-state index contributed by atoms with van der Waals surface area (Å²) < 4.78 is 4.94. The zero-order chi connectivity index (χ0) is 10.6. The van der Waals surface area contributed by atoms with E-state index in [1.807, 2.05) is 6.92 Å². The first kappa shape index (κ1) is 10.4. The van der Waals surface area contributed by atoms with Crippen LogP contribution in [0.3, 0.4) is 0 Å². The van der Waals surface area contributed by atoms with E-state index in [1.54, 1.807) is 18.2 Å². The number of hydrogen-bond donors (Lipinski definition) is 2. The molecule has 1 aromatic carbocycles. The third-order valence-corrected chi connectivity index (χ3v) is 1.73. The number of nitrogen functional groups attached to an aromatic ring is 2. The first-order chi connectivity index (χ1) is 6.65. The highest BCUT2D eigenvalue weighted by Gasteiger charge is 2.10. The molecule has 0 aliphatic rings. The molecular formula is C10H14N2O2. The van der Waals surface area contributed by atoms with Gasteiger partial charge in [0, 0.05) is 11.4 Å². The predicted molar refractivity (Wildman–Crippen MR) is 55.8 cm³/mol. The Bertz CT molecular complexity index is 337. The average molecular weight is 194 g/mol. The SMILES string of the molecule is CCCOC(=O)c1ccc(N)cc1N. The lowest BCUT2D eigenvalue weighted by Crippen LogP contribution is -2.09. The molecule has 0 radical (unpaired) electrons. The third kappa shape index (κ3) is 2.39. The second kappa shape index (κ2) is 4.50. The Hall–Kier alpha value is -1.71. The normalized spacial score (nSPS) is 9.79. The van der Waals surface area contributed by atoms with Crippen molar-refractivity contribution in [1.29, 1.82) is 0 Å². The van der Waals surface area contributed by atoms with Gasteiger partial charge in [0.2, 0.25) is 0 Å². The van der Waals surface area contributed by atoms with Gasteiger partial charge in [-0.25, -0.2) is 4.79 Å². The fourth-order valence-corrected chi connectivity index (χ4v) is 1.04. The van der Waals surface area contributed by atoms with E-state index in [4.69, 9.17) is 16.2 Å². The van der Waals surface area contributed by atoms with Crippen LogP contribution in [0, 0.1) is 0 Å². The molecule has 0 atom stereocenters. The number of rotatable bonds is 3. The number of carbonyl (C=O) groups excluding carboxylic acids is 1. The number of carbonyl (C=O) groups is 1. The quantitative estimate of drug-likeness (QED) is 0.563. The van der Waals surface area contributed by atoms with Gasteiger partial charge < -0.3 is 16.2 Å². The van der Waals surface area contributed by atoms with Crippen LogP contribution in [0.1, 0.15) is 23.7 Å². The maximum atomic E-state index is 11.4. The van der Waals surface area contributed by atoms with E-state index in [2.05, 4.69) is 0 Å². The van der Waals surface area contributed by atoms with Crippen molar-refractivity contribution in [3.05, 3.63) is 23.8 Å². The maximum Gasteiger partial charge on any atom is 0.340 e. The highest BCUT2D eigenvalue weighted by atomic mass is 16.5. The third-order valence-electron chi connectivity index (χ3n) is 1.73. The fraction of sp³-hybridized carbons (Fsp3) is 0.300. The molecule has 0 saturated carbocycles. The van der Waals surface area contributed by atoms with E-state index < -0.39 is 5.97 Å². The lowest BCUT2D eigenvalue weighted by molar-refractivity contribution is 0.0506. The summed E-state index contributed by atoms with van der Waals surface area (Å²) in [6.45, 7) is 2.34. The Kier molecular flexibility index (Phi) is 3.34. The fourth-order valence-electron chi connectivity index (χ4n) is 1.04. The van der Waals surface area contributed by atoms with Gasteiger partial charge in [0.05, 0.1) is 12.2 Å². The first-order valence-corrected chi connectivity index (χ1v) is 4.47. The summed E-state index contributed by atoms with van der Waals surface area (Å²) in [5.41, 5.74) is 12.4. The van der Waals surface area contributed by atoms with Gasteiger partial charge in [-0.3, -0.25) is 0 Å². The van der Waals surface area contributed by atoms with E-state index >= 15 is 0 Å². The van der Waals surface area contributed by atoms with E-state index in [0.717, 1.165) is 6.42 Å². The molecule has 14 heavy (non-hydrogen) atoms. The van der Waals surface area contributed by atoms with Crippen molar-refractivity contribution < 1.29 is 9.53 Å². The van der Waals surface area contributed by atoms with Crippen molar-refractivity contribution in [2.24, 2.45) is 0 Å². The minimum Gasteiger partial charge on any atom is -0.462 e. The first-order valence-electron chi connectivity index (χ1n) is 4.47. The van der Waals surface area contributed by atoms with Crippen molar-refractivity contribution >= 4 is 17.3 Å². The van der Waals surface area contributed by atoms with Gasteiger partial charge in [-0.2, -0.15) is 0 Å². The molecule has 4 heteroatoms. The molecule has 0 unspecified atom stereocenters. The molecule has 0 bridgehead atoms. The molecule has 1 rings (SSSR count). The Morgan fingerprint density at radius 3 is 2.71 bits per heavy atom. The Balaban J connectivity index is 2.80. The average Bonchev–Trinajstić information content (AvgIpc) is 2.14. The Morgan fingerprint density at radius 2 is 2.14 bits per heavy atom. The number of ether oxygens (including phenoxy) is 1. The molecule has 0 heterocycles. The van der Waals surface area contributed by atoms with E-state index in [0.29, 0.717) is 23.5 Å². The topological polar surface area (TPSA) is 78.3 Å². The molecule has 0 aliphatic heterocycles. The monoisotopic (exact) mass is 194 g/mol. The van der Waals surface area contributed by atoms with Crippen molar-refractivity contribution in [1.82, 2.24) is 0 Å². The molecule has 4 nitrogen and oxygen atoms in total. The van der Waals surface area contributed by atoms with Crippen molar-refractivity contribution in [2.45, 2.75) is 13.3 Å². The second-order valence-electron chi connectivity index (χ2n) is 2.98. The van der Waals surface area contributed by atoms with Crippen LogP contribution in [0.15, 0.2) is 18.2 Å². The van der Waals surface area contributed by atoms with Crippen LogP contribution in [-0.4, -0.2) is 12.6 Å². The van der Waals surface area contributed by atoms with Gasteiger partial charge >= 0.3 is 5.97 Å². The number of hydrogen-bond acceptors (Lipinski definition) is 4. The van der Waals surface area contributed by atoms with Crippen molar-refractivity contribution in [3.63, 3.8) is 0 Å². The summed E-state index contributed by atoms with van der Waals surface area (Å²) in [4.78, 5) is 11.4. The van der Waals surface area contributed by atoms with Gasteiger partial charge in [0.15, 0.2) is 0 Å². The van der Waals surface area contributed by atoms with Crippen LogP contribution in [0.2, 0.25) is 0 Å². The highest BCUT2D eigenvalue weighted by molar-refractivity contribution is 5.95. The van der Waals surface area contributed by atoms with Crippen LogP contribution < -0.4 is 11.5 Å². The van der Waals surface area contributed by atoms with Crippen LogP contribution in [0.5, 0.6) is 0 Å². The second-order valence-corrected chi connectivity index (χ2v) is 2.98. The van der Waals surface area contributed by atoms with Gasteiger partial charge in [0.25, 0.3) is 0 Å². The lowest BCUT2D eigenvalue weighted by Gasteiger charge is -2.06. The standard InChI is InChI=1S/C10H14N2O2/c1-2-5-14-10(13)8-4-3-7(11)6-9(8)12/h3-4,6H,2,5,11-12H2,1H3. The summed E-state index contributed by atoms with van der Waals surface area (Å²) in [7, 11) is 0. The number of anilines is 2. The molecule has 0 aromatic heterocycles. The van der Waals surface area contributed by atoms with E-state index in [-0.39, 0.29) is 0 Å². The molecule has 1 aromatic rings. The van der Waals surface area contributed by atoms with Crippen LogP contribution in [-0.2, 0) is 4.74 Å². The summed E-state index contributed by atoms with van der Waals surface area (Å²) in [6.07, 6.45) is 0.792. The molecular weight excluding hydrogens is 180 g/mol. The molecule has 0 aliphatic carbocycles. The lowest BCUT2D eigenvalue weighted by atomic mass is 10.1. The zero-order valence-electron chi connectivity index (χ0n) is 8.12. The van der Waals surface area contributed by atoms with E-state index in [1.165, 1.54) is 0 Å². The molecule has 0 spiro atoms.